The Labute approximate surface area is 109 Å². The van der Waals surface area contributed by atoms with Gasteiger partial charge in [-0.2, -0.15) is 0 Å². The zero-order valence-corrected chi connectivity index (χ0v) is 10.6. The Morgan fingerprint density at radius 2 is 2.33 bits per heavy atom. The van der Waals surface area contributed by atoms with E-state index in [0.717, 1.165) is 4.90 Å². The maximum absolute atomic E-state index is 12.2. The van der Waals surface area contributed by atoms with Crippen LogP contribution >= 0.6 is 11.8 Å². The van der Waals surface area contributed by atoms with Crippen LogP contribution in [-0.4, -0.2) is 46.2 Å². The summed E-state index contributed by atoms with van der Waals surface area (Å²) in [7, 11) is 0. The van der Waals surface area contributed by atoms with Crippen molar-refractivity contribution in [3.05, 3.63) is 23.9 Å². The second-order valence-electron chi connectivity index (χ2n) is 3.32. The molecule has 0 aliphatic heterocycles. The van der Waals surface area contributed by atoms with Crippen LogP contribution in [0.3, 0.4) is 0 Å². The van der Waals surface area contributed by atoms with Crippen LogP contribution in [0.5, 0.6) is 0 Å². The van der Waals surface area contributed by atoms with Crippen molar-refractivity contribution in [3.8, 4) is 12.3 Å². The second kappa shape index (κ2) is 6.67. The number of carboxylic acids is 1. The monoisotopic (exact) mass is 264 g/mol. The normalized spacial score (nSPS) is 9.56. The van der Waals surface area contributed by atoms with Gasteiger partial charge in [0.05, 0.1) is 12.1 Å². The first-order valence-corrected chi connectivity index (χ1v) is 6.26. The van der Waals surface area contributed by atoms with Gasteiger partial charge in [-0.1, -0.05) is 5.92 Å². The van der Waals surface area contributed by atoms with Gasteiger partial charge in [-0.05, 0) is 18.4 Å². The van der Waals surface area contributed by atoms with Crippen molar-refractivity contribution >= 4 is 23.6 Å². The van der Waals surface area contributed by atoms with E-state index in [4.69, 9.17) is 11.5 Å². The molecule has 0 saturated heterocycles. The van der Waals surface area contributed by atoms with Crippen molar-refractivity contribution in [1.29, 1.82) is 0 Å². The lowest BCUT2D eigenvalue weighted by Crippen LogP contribution is -2.36. The second-order valence-corrected chi connectivity index (χ2v) is 4.11. The Hall–Kier alpha value is -2.00. The molecule has 5 nitrogen and oxygen atoms in total. The van der Waals surface area contributed by atoms with E-state index in [1.807, 2.05) is 0 Å². The predicted octanol–water partition coefficient (Wildman–Crippen LogP) is 0.964. The molecule has 1 aromatic rings. The highest BCUT2D eigenvalue weighted by molar-refractivity contribution is 7.98. The third-order valence-corrected chi connectivity index (χ3v) is 2.80. The van der Waals surface area contributed by atoms with Gasteiger partial charge in [-0.3, -0.25) is 9.59 Å². The van der Waals surface area contributed by atoms with Crippen LogP contribution in [0, 0.1) is 12.3 Å². The van der Waals surface area contributed by atoms with Crippen LogP contribution in [0.4, 0.5) is 0 Å². The molecule has 0 fully saturated rings. The largest absolute Gasteiger partial charge is 0.480 e. The van der Waals surface area contributed by atoms with E-state index in [-0.39, 0.29) is 6.54 Å². The molecular weight excluding hydrogens is 252 g/mol. The summed E-state index contributed by atoms with van der Waals surface area (Å²) in [6, 6.07) is 3.23. The fourth-order valence-electron chi connectivity index (χ4n) is 1.36. The van der Waals surface area contributed by atoms with E-state index in [9.17, 15) is 9.59 Å². The zero-order chi connectivity index (χ0) is 13.5. The molecule has 1 N–H and O–H groups in total. The number of pyridine rings is 1. The Balaban J connectivity index is 3.02. The lowest BCUT2D eigenvalue weighted by Gasteiger charge is -2.18. The smallest absolute Gasteiger partial charge is 0.323 e. The topological polar surface area (TPSA) is 70.5 Å². The number of carbonyl (C=O) groups is 2. The van der Waals surface area contributed by atoms with Gasteiger partial charge in [0.1, 0.15) is 11.6 Å². The molecule has 18 heavy (non-hydrogen) atoms. The van der Waals surface area contributed by atoms with E-state index in [0.29, 0.717) is 10.6 Å². The Morgan fingerprint density at radius 1 is 1.61 bits per heavy atom. The minimum atomic E-state index is -1.10. The van der Waals surface area contributed by atoms with Crippen LogP contribution in [-0.2, 0) is 4.79 Å². The summed E-state index contributed by atoms with van der Waals surface area (Å²) in [5.74, 6) is 0.749. The molecule has 0 aromatic carbocycles. The zero-order valence-electron chi connectivity index (χ0n) is 9.79. The highest BCUT2D eigenvalue weighted by Crippen LogP contribution is 2.18. The number of rotatable bonds is 5. The minimum Gasteiger partial charge on any atom is -0.480 e. The first kappa shape index (κ1) is 14.1. The van der Waals surface area contributed by atoms with E-state index < -0.39 is 18.4 Å². The van der Waals surface area contributed by atoms with Crippen LogP contribution in [0.25, 0.3) is 0 Å². The van der Waals surface area contributed by atoms with Crippen molar-refractivity contribution < 1.29 is 14.7 Å². The number of carbonyl (C=O) groups excluding carboxylic acids is 1. The van der Waals surface area contributed by atoms with Crippen LogP contribution < -0.4 is 0 Å². The number of hydrogen-bond acceptors (Lipinski definition) is 4. The number of terminal acetylenes is 1. The summed E-state index contributed by atoms with van der Waals surface area (Å²) in [4.78, 5) is 28.0. The summed E-state index contributed by atoms with van der Waals surface area (Å²) in [5, 5.41) is 9.30. The summed E-state index contributed by atoms with van der Waals surface area (Å²) in [5.41, 5.74) is 0.363. The molecule has 0 atom stereocenters. The van der Waals surface area contributed by atoms with Crippen LogP contribution in [0.2, 0.25) is 0 Å². The number of thioether (sulfide) groups is 1. The highest BCUT2D eigenvalue weighted by Gasteiger charge is 2.20. The summed E-state index contributed by atoms with van der Waals surface area (Å²) < 4.78 is 0. The Bertz CT molecular complexity index is 496. The van der Waals surface area contributed by atoms with E-state index in [1.54, 1.807) is 24.6 Å². The third-order valence-electron chi connectivity index (χ3n) is 2.09. The lowest BCUT2D eigenvalue weighted by atomic mass is 10.2. The maximum Gasteiger partial charge on any atom is 0.323 e. The quantitative estimate of drug-likeness (QED) is 0.633. The standard InChI is InChI=1S/C12H12N2O3S/c1-3-7-14(8-10(15)16)12(17)9-5-4-6-13-11(9)18-2/h1,4-6H,7-8H2,2H3,(H,15,16). The molecule has 1 rings (SSSR count). The number of carboxylic acid groups (broad SMARTS) is 1. The molecule has 1 aromatic heterocycles. The number of hydrogen-bond donors (Lipinski definition) is 1. The SMILES string of the molecule is C#CCN(CC(=O)O)C(=O)c1cccnc1SC. The van der Waals surface area contributed by atoms with Gasteiger partial charge in [-0.15, -0.1) is 18.2 Å². The number of amides is 1. The van der Waals surface area contributed by atoms with E-state index in [2.05, 4.69) is 10.9 Å². The number of aliphatic carboxylic acids is 1. The summed E-state index contributed by atoms with van der Waals surface area (Å²) in [6.45, 7) is -0.473. The Morgan fingerprint density at radius 3 is 2.89 bits per heavy atom. The minimum absolute atomic E-state index is 0.0478. The molecule has 94 valence electrons. The van der Waals surface area contributed by atoms with Crippen LogP contribution in [0.15, 0.2) is 23.4 Å². The first-order chi connectivity index (χ1) is 8.60. The van der Waals surface area contributed by atoms with Gasteiger partial charge in [0, 0.05) is 6.20 Å². The molecular formula is C12H12N2O3S. The molecule has 1 amide bonds. The number of aromatic nitrogens is 1. The van der Waals surface area contributed by atoms with Crippen molar-refractivity contribution in [2.24, 2.45) is 0 Å². The van der Waals surface area contributed by atoms with Gasteiger partial charge in [0.2, 0.25) is 0 Å². The van der Waals surface area contributed by atoms with E-state index >= 15 is 0 Å². The third kappa shape index (κ3) is 3.50. The molecule has 0 bridgehead atoms. The molecule has 1 heterocycles. The average Bonchev–Trinajstić information content (AvgIpc) is 2.37. The Kier molecular flexibility index (Phi) is 5.21. The van der Waals surface area contributed by atoms with Gasteiger partial charge in [0.15, 0.2) is 0 Å². The predicted molar refractivity (Wildman–Crippen MR) is 68.4 cm³/mol. The molecule has 0 unspecified atom stereocenters. The van der Waals surface area contributed by atoms with Crippen molar-refractivity contribution in [1.82, 2.24) is 9.88 Å². The summed E-state index contributed by atoms with van der Waals surface area (Å²) >= 11 is 1.32. The molecule has 0 aliphatic carbocycles. The van der Waals surface area contributed by atoms with Gasteiger partial charge < -0.3 is 10.0 Å². The highest BCUT2D eigenvalue weighted by atomic mass is 32.2. The van der Waals surface area contributed by atoms with Gasteiger partial charge in [0.25, 0.3) is 5.91 Å². The van der Waals surface area contributed by atoms with Gasteiger partial charge >= 0.3 is 5.97 Å². The molecule has 0 aliphatic rings. The molecule has 0 radical (unpaired) electrons. The fraction of sp³-hybridized carbons (Fsp3) is 0.250. The molecule has 0 spiro atoms. The summed E-state index contributed by atoms with van der Waals surface area (Å²) in [6.07, 6.45) is 8.50. The molecule has 0 saturated carbocycles. The van der Waals surface area contributed by atoms with Gasteiger partial charge in [-0.25, -0.2) is 4.98 Å². The van der Waals surface area contributed by atoms with Crippen molar-refractivity contribution in [2.75, 3.05) is 19.3 Å². The number of nitrogens with zero attached hydrogens (tertiary/aromatic N) is 2. The lowest BCUT2D eigenvalue weighted by molar-refractivity contribution is -0.137. The maximum atomic E-state index is 12.2. The molecule has 6 heteroatoms. The first-order valence-electron chi connectivity index (χ1n) is 5.03. The fourth-order valence-corrected chi connectivity index (χ4v) is 1.90. The van der Waals surface area contributed by atoms with Crippen molar-refractivity contribution in [3.63, 3.8) is 0 Å². The van der Waals surface area contributed by atoms with Crippen molar-refractivity contribution in [2.45, 2.75) is 5.03 Å². The van der Waals surface area contributed by atoms with Crippen LogP contribution in [0.1, 0.15) is 10.4 Å². The van der Waals surface area contributed by atoms with E-state index in [1.165, 1.54) is 11.8 Å². The average molecular weight is 264 g/mol.